The molecule has 1 aliphatic rings. The summed E-state index contributed by atoms with van der Waals surface area (Å²) in [4.78, 5) is 0. The molecule has 0 saturated carbocycles. The average molecular weight is 338 g/mol. The van der Waals surface area contributed by atoms with E-state index < -0.39 is 5.60 Å². The van der Waals surface area contributed by atoms with Crippen LogP contribution in [0.15, 0.2) is 48.5 Å². The van der Waals surface area contributed by atoms with Gasteiger partial charge in [-0.15, -0.1) is 0 Å². The minimum atomic E-state index is -1.04. The molecule has 2 aromatic rings. The fraction of sp³-hybridized carbons (Fsp3) is 0.429. The Kier molecular flexibility index (Phi) is 4.35. The first kappa shape index (κ1) is 18.2. The van der Waals surface area contributed by atoms with Gasteiger partial charge in [-0.1, -0.05) is 54.1 Å². The number of aliphatic hydroxyl groups is 1. The van der Waals surface area contributed by atoms with Crippen molar-refractivity contribution in [3.63, 3.8) is 0 Å². The molecular weight excluding hydrogens is 311 g/mol. The predicted octanol–water partition coefficient (Wildman–Crippen LogP) is 3.55. The van der Waals surface area contributed by atoms with E-state index in [4.69, 9.17) is 9.31 Å². The van der Waals surface area contributed by atoms with E-state index in [-0.39, 0.29) is 18.3 Å². The van der Waals surface area contributed by atoms with Gasteiger partial charge < -0.3 is 14.4 Å². The summed E-state index contributed by atoms with van der Waals surface area (Å²) < 4.78 is 12.2. The molecule has 0 aromatic heterocycles. The molecule has 0 radical (unpaired) electrons. The van der Waals surface area contributed by atoms with Crippen LogP contribution in [0.25, 0.3) is 0 Å². The average Bonchev–Trinajstić information content (AvgIpc) is 2.75. The maximum absolute atomic E-state index is 11.0. The molecule has 0 spiro atoms. The Morgan fingerprint density at radius 2 is 1.44 bits per heavy atom. The molecule has 1 atom stereocenters. The maximum Gasteiger partial charge on any atom is 0.494 e. The van der Waals surface area contributed by atoms with Gasteiger partial charge in [0.15, 0.2) is 0 Å². The van der Waals surface area contributed by atoms with Crippen LogP contribution in [0.1, 0.15) is 51.3 Å². The standard InChI is InChI=1S/C21H27BO3/c1-15-8-7-9-17(14-15)21(6,23)16-10-12-18(13-11-16)22-24-19(2,3)20(4,5)25-22/h7-14,23H,1-6H3. The van der Waals surface area contributed by atoms with Gasteiger partial charge in [-0.05, 0) is 58.1 Å². The van der Waals surface area contributed by atoms with E-state index in [0.717, 1.165) is 22.2 Å². The molecule has 4 heteroatoms. The highest BCUT2D eigenvalue weighted by molar-refractivity contribution is 6.62. The van der Waals surface area contributed by atoms with Gasteiger partial charge >= 0.3 is 7.12 Å². The van der Waals surface area contributed by atoms with Gasteiger partial charge in [0.05, 0.1) is 11.2 Å². The molecule has 0 aliphatic carbocycles. The lowest BCUT2D eigenvalue weighted by molar-refractivity contribution is 0.00578. The summed E-state index contributed by atoms with van der Waals surface area (Å²) in [6.07, 6.45) is 0. The molecule has 1 aliphatic heterocycles. The topological polar surface area (TPSA) is 38.7 Å². The molecule has 25 heavy (non-hydrogen) atoms. The molecule has 1 fully saturated rings. The van der Waals surface area contributed by atoms with E-state index >= 15 is 0 Å². The molecule has 1 saturated heterocycles. The maximum atomic E-state index is 11.0. The van der Waals surface area contributed by atoms with Gasteiger partial charge in [0.25, 0.3) is 0 Å². The Morgan fingerprint density at radius 1 is 0.880 bits per heavy atom. The van der Waals surface area contributed by atoms with Crippen LogP contribution in [-0.2, 0) is 14.9 Å². The van der Waals surface area contributed by atoms with Gasteiger partial charge in [0.1, 0.15) is 5.60 Å². The monoisotopic (exact) mass is 338 g/mol. The van der Waals surface area contributed by atoms with Crippen molar-refractivity contribution in [3.8, 4) is 0 Å². The normalized spacial score (nSPS) is 21.2. The van der Waals surface area contributed by atoms with E-state index in [1.54, 1.807) is 0 Å². The van der Waals surface area contributed by atoms with Gasteiger partial charge in [0, 0.05) is 0 Å². The first-order chi connectivity index (χ1) is 11.5. The van der Waals surface area contributed by atoms with Crippen LogP contribution in [0.5, 0.6) is 0 Å². The van der Waals surface area contributed by atoms with Crippen molar-refractivity contribution in [2.45, 2.75) is 58.3 Å². The second-order valence-electron chi connectivity index (χ2n) is 8.15. The first-order valence-corrected chi connectivity index (χ1v) is 8.78. The Hall–Kier alpha value is -1.62. The highest BCUT2D eigenvalue weighted by Crippen LogP contribution is 2.36. The fourth-order valence-corrected chi connectivity index (χ4v) is 3.06. The van der Waals surface area contributed by atoms with Crippen molar-refractivity contribution in [2.75, 3.05) is 0 Å². The molecule has 3 nitrogen and oxygen atoms in total. The summed E-state index contributed by atoms with van der Waals surface area (Å²) in [7, 11) is -0.386. The Labute approximate surface area is 151 Å². The van der Waals surface area contributed by atoms with Crippen LogP contribution >= 0.6 is 0 Å². The summed E-state index contributed by atoms with van der Waals surface area (Å²) in [5.41, 5.74) is 2.07. The van der Waals surface area contributed by atoms with E-state index in [9.17, 15) is 5.11 Å². The number of rotatable bonds is 3. The number of hydrogen-bond donors (Lipinski definition) is 1. The van der Waals surface area contributed by atoms with Crippen LogP contribution in [-0.4, -0.2) is 23.4 Å². The quantitative estimate of drug-likeness (QED) is 0.870. The minimum Gasteiger partial charge on any atom is -0.399 e. The fourth-order valence-electron chi connectivity index (χ4n) is 3.06. The van der Waals surface area contributed by atoms with Crippen LogP contribution in [0.2, 0.25) is 0 Å². The summed E-state index contributed by atoms with van der Waals surface area (Å²) >= 11 is 0. The van der Waals surface area contributed by atoms with Crippen molar-refractivity contribution < 1.29 is 14.4 Å². The van der Waals surface area contributed by atoms with Gasteiger partial charge in [-0.2, -0.15) is 0 Å². The molecule has 1 N–H and O–H groups in total. The second-order valence-corrected chi connectivity index (χ2v) is 8.15. The third kappa shape index (κ3) is 3.26. The van der Waals surface area contributed by atoms with Crippen LogP contribution < -0.4 is 5.46 Å². The summed E-state index contributed by atoms with van der Waals surface area (Å²) in [5.74, 6) is 0. The smallest absolute Gasteiger partial charge is 0.399 e. The SMILES string of the molecule is Cc1cccc(C(C)(O)c2ccc(B3OC(C)(C)C(C)(C)O3)cc2)c1. The lowest BCUT2D eigenvalue weighted by Crippen LogP contribution is -2.41. The van der Waals surface area contributed by atoms with Crippen LogP contribution in [0.4, 0.5) is 0 Å². The third-order valence-electron chi connectivity index (χ3n) is 5.58. The van der Waals surface area contributed by atoms with E-state index in [0.29, 0.717) is 0 Å². The molecule has 3 rings (SSSR count). The molecule has 2 aromatic carbocycles. The minimum absolute atomic E-state index is 0.358. The summed E-state index contributed by atoms with van der Waals surface area (Å²) in [6, 6.07) is 15.8. The van der Waals surface area contributed by atoms with Crippen molar-refractivity contribution in [1.82, 2.24) is 0 Å². The van der Waals surface area contributed by atoms with E-state index in [2.05, 4.69) is 0 Å². The van der Waals surface area contributed by atoms with E-state index in [1.807, 2.05) is 90.1 Å². The number of benzene rings is 2. The predicted molar refractivity (Wildman–Crippen MR) is 102 cm³/mol. The zero-order valence-electron chi connectivity index (χ0n) is 16.0. The Bertz CT molecular complexity index is 747. The zero-order chi connectivity index (χ0) is 18.5. The number of hydrogen-bond acceptors (Lipinski definition) is 3. The Balaban J connectivity index is 1.86. The largest absolute Gasteiger partial charge is 0.494 e. The molecule has 0 amide bonds. The molecular formula is C21H27BO3. The van der Waals surface area contributed by atoms with Crippen LogP contribution in [0.3, 0.4) is 0 Å². The van der Waals surface area contributed by atoms with Gasteiger partial charge in [0.2, 0.25) is 0 Å². The van der Waals surface area contributed by atoms with Crippen molar-refractivity contribution in [1.29, 1.82) is 0 Å². The second kappa shape index (κ2) is 5.98. The highest BCUT2D eigenvalue weighted by atomic mass is 16.7. The third-order valence-corrected chi connectivity index (χ3v) is 5.58. The van der Waals surface area contributed by atoms with Crippen molar-refractivity contribution in [3.05, 3.63) is 65.2 Å². The molecule has 132 valence electrons. The number of aryl methyl sites for hydroxylation is 1. The molecule has 1 unspecified atom stereocenters. The summed E-state index contributed by atoms with van der Waals surface area (Å²) in [5, 5.41) is 11.0. The highest BCUT2D eigenvalue weighted by Gasteiger charge is 2.51. The van der Waals surface area contributed by atoms with Gasteiger partial charge in [-0.3, -0.25) is 0 Å². The lowest BCUT2D eigenvalue weighted by Gasteiger charge is -2.32. The lowest BCUT2D eigenvalue weighted by atomic mass is 9.77. The van der Waals surface area contributed by atoms with Crippen molar-refractivity contribution >= 4 is 12.6 Å². The van der Waals surface area contributed by atoms with Gasteiger partial charge in [-0.25, -0.2) is 0 Å². The van der Waals surface area contributed by atoms with Crippen LogP contribution in [0, 0.1) is 6.92 Å². The van der Waals surface area contributed by atoms with E-state index in [1.165, 1.54) is 0 Å². The summed E-state index contributed by atoms with van der Waals surface area (Å²) in [6.45, 7) is 12.0. The molecule has 1 heterocycles. The zero-order valence-corrected chi connectivity index (χ0v) is 16.0. The first-order valence-electron chi connectivity index (χ1n) is 8.78. The molecule has 0 bridgehead atoms. The van der Waals surface area contributed by atoms with Crippen molar-refractivity contribution in [2.24, 2.45) is 0 Å². The Morgan fingerprint density at radius 3 is 1.96 bits per heavy atom.